The highest BCUT2D eigenvalue weighted by Gasteiger charge is 2.28. The molecule has 0 aromatic heterocycles. The van der Waals surface area contributed by atoms with E-state index in [1.54, 1.807) is 12.1 Å². The van der Waals surface area contributed by atoms with Gasteiger partial charge in [-0.15, -0.1) is 0 Å². The number of carboxylic acids is 1. The van der Waals surface area contributed by atoms with Gasteiger partial charge in [0.2, 0.25) is 0 Å². The molecule has 0 spiro atoms. The predicted molar refractivity (Wildman–Crippen MR) is 81.3 cm³/mol. The lowest BCUT2D eigenvalue weighted by Gasteiger charge is -2.19. The molecule has 0 amide bonds. The first-order valence-corrected chi connectivity index (χ1v) is 6.75. The SMILES string of the molecule is C[C@](N)(Cc1ccc(O)c(Cc2ccccc2)c1)C(=O)O. The average molecular weight is 285 g/mol. The van der Waals surface area contributed by atoms with E-state index in [1.165, 1.54) is 6.92 Å². The monoisotopic (exact) mass is 285 g/mol. The molecule has 2 aromatic rings. The Labute approximate surface area is 123 Å². The molecule has 0 aliphatic heterocycles. The van der Waals surface area contributed by atoms with Gasteiger partial charge in [-0.2, -0.15) is 0 Å². The van der Waals surface area contributed by atoms with Crippen molar-refractivity contribution in [1.82, 2.24) is 0 Å². The number of hydrogen-bond acceptors (Lipinski definition) is 3. The Morgan fingerprint density at radius 3 is 2.43 bits per heavy atom. The van der Waals surface area contributed by atoms with Gasteiger partial charge in [-0.05, 0) is 29.7 Å². The number of rotatable bonds is 5. The van der Waals surface area contributed by atoms with E-state index in [2.05, 4.69) is 0 Å². The first-order valence-electron chi connectivity index (χ1n) is 6.75. The first kappa shape index (κ1) is 15.1. The molecule has 4 nitrogen and oxygen atoms in total. The van der Waals surface area contributed by atoms with Crippen molar-refractivity contribution in [3.05, 3.63) is 65.2 Å². The minimum Gasteiger partial charge on any atom is -0.508 e. The smallest absolute Gasteiger partial charge is 0.323 e. The van der Waals surface area contributed by atoms with Crippen molar-refractivity contribution >= 4 is 5.97 Å². The third-order valence-corrected chi connectivity index (χ3v) is 3.44. The summed E-state index contributed by atoms with van der Waals surface area (Å²) < 4.78 is 0. The van der Waals surface area contributed by atoms with Crippen LogP contribution in [0, 0.1) is 0 Å². The van der Waals surface area contributed by atoms with Gasteiger partial charge in [-0.3, -0.25) is 4.79 Å². The molecule has 110 valence electrons. The highest BCUT2D eigenvalue weighted by atomic mass is 16.4. The number of aliphatic carboxylic acids is 1. The van der Waals surface area contributed by atoms with Crippen LogP contribution in [0.3, 0.4) is 0 Å². The van der Waals surface area contributed by atoms with Crippen LogP contribution in [-0.2, 0) is 17.6 Å². The number of phenols is 1. The second kappa shape index (κ2) is 5.97. The van der Waals surface area contributed by atoms with Gasteiger partial charge in [0.15, 0.2) is 0 Å². The van der Waals surface area contributed by atoms with Crippen LogP contribution in [0.4, 0.5) is 0 Å². The fraction of sp³-hybridized carbons (Fsp3) is 0.235. The molecule has 0 saturated carbocycles. The fourth-order valence-electron chi connectivity index (χ4n) is 2.21. The van der Waals surface area contributed by atoms with Crippen LogP contribution >= 0.6 is 0 Å². The highest BCUT2D eigenvalue weighted by Crippen LogP contribution is 2.23. The molecule has 0 saturated heterocycles. The molecule has 0 aliphatic rings. The van der Waals surface area contributed by atoms with Gasteiger partial charge in [0, 0.05) is 12.8 Å². The van der Waals surface area contributed by atoms with Crippen LogP contribution in [-0.4, -0.2) is 21.7 Å². The molecule has 0 aliphatic carbocycles. The van der Waals surface area contributed by atoms with Gasteiger partial charge in [-0.25, -0.2) is 0 Å². The summed E-state index contributed by atoms with van der Waals surface area (Å²) >= 11 is 0. The van der Waals surface area contributed by atoms with E-state index >= 15 is 0 Å². The molecule has 2 aromatic carbocycles. The Hall–Kier alpha value is -2.33. The van der Waals surface area contributed by atoms with Crippen molar-refractivity contribution in [2.45, 2.75) is 25.3 Å². The third-order valence-electron chi connectivity index (χ3n) is 3.44. The summed E-state index contributed by atoms with van der Waals surface area (Å²) in [5.74, 6) is -0.836. The summed E-state index contributed by atoms with van der Waals surface area (Å²) in [5, 5.41) is 19.0. The molecule has 4 heteroatoms. The average Bonchev–Trinajstić information content (AvgIpc) is 2.43. The lowest BCUT2D eigenvalue weighted by atomic mass is 9.92. The van der Waals surface area contributed by atoms with Crippen LogP contribution in [0.1, 0.15) is 23.6 Å². The minimum atomic E-state index is -1.32. The maximum absolute atomic E-state index is 11.1. The fourth-order valence-corrected chi connectivity index (χ4v) is 2.21. The number of aromatic hydroxyl groups is 1. The second-order valence-corrected chi connectivity index (χ2v) is 5.52. The zero-order valence-electron chi connectivity index (χ0n) is 11.9. The summed E-state index contributed by atoms with van der Waals surface area (Å²) in [5.41, 5.74) is 7.10. The van der Waals surface area contributed by atoms with Gasteiger partial charge in [0.05, 0.1) is 0 Å². The van der Waals surface area contributed by atoms with Crippen LogP contribution < -0.4 is 5.73 Å². The number of carboxylic acid groups (broad SMARTS) is 1. The normalized spacial score (nSPS) is 13.6. The van der Waals surface area contributed by atoms with E-state index in [0.717, 1.165) is 16.7 Å². The first-order chi connectivity index (χ1) is 9.88. The van der Waals surface area contributed by atoms with Crippen molar-refractivity contribution < 1.29 is 15.0 Å². The summed E-state index contributed by atoms with van der Waals surface area (Å²) in [6.45, 7) is 1.49. The van der Waals surface area contributed by atoms with Gasteiger partial charge in [0.1, 0.15) is 11.3 Å². The molecule has 0 unspecified atom stereocenters. The Morgan fingerprint density at radius 1 is 1.14 bits per heavy atom. The quantitative estimate of drug-likeness (QED) is 0.787. The standard InChI is InChI=1S/C17H19NO3/c1-17(18,16(20)21)11-13-7-8-15(19)14(10-13)9-12-5-3-2-4-6-12/h2-8,10,19H,9,11,18H2,1H3,(H,20,21)/t17-/m0/s1. The Morgan fingerprint density at radius 2 is 1.81 bits per heavy atom. The van der Waals surface area contributed by atoms with Gasteiger partial charge >= 0.3 is 5.97 Å². The number of carbonyl (C=O) groups is 1. The Bertz CT molecular complexity index is 636. The van der Waals surface area contributed by atoms with Crippen LogP contribution in [0.5, 0.6) is 5.75 Å². The predicted octanol–water partition coefficient (Wildman–Crippen LogP) is 2.33. The summed E-state index contributed by atoms with van der Waals surface area (Å²) in [4.78, 5) is 11.1. The van der Waals surface area contributed by atoms with E-state index in [4.69, 9.17) is 10.8 Å². The molecule has 21 heavy (non-hydrogen) atoms. The lowest BCUT2D eigenvalue weighted by Crippen LogP contribution is -2.46. The molecule has 0 heterocycles. The number of hydrogen-bond donors (Lipinski definition) is 3. The zero-order valence-corrected chi connectivity index (χ0v) is 11.9. The van der Waals surface area contributed by atoms with E-state index in [-0.39, 0.29) is 12.2 Å². The molecule has 0 bridgehead atoms. The molecule has 0 radical (unpaired) electrons. The Kier molecular flexibility index (Phi) is 4.29. The highest BCUT2D eigenvalue weighted by molar-refractivity contribution is 5.78. The van der Waals surface area contributed by atoms with Gasteiger partial charge in [0.25, 0.3) is 0 Å². The van der Waals surface area contributed by atoms with Crippen molar-refractivity contribution in [2.24, 2.45) is 5.73 Å². The van der Waals surface area contributed by atoms with Crippen LogP contribution in [0.25, 0.3) is 0 Å². The van der Waals surface area contributed by atoms with Crippen LogP contribution in [0.2, 0.25) is 0 Å². The van der Waals surface area contributed by atoms with Crippen molar-refractivity contribution in [3.8, 4) is 5.75 Å². The molecule has 4 N–H and O–H groups in total. The van der Waals surface area contributed by atoms with Crippen LogP contribution in [0.15, 0.2) is 48.5 Å². The molecule has 0 fully saturated rings. The maximum atomic E-state index is 11.1. The summed E-state index contributed by atoms with van der Waals surface area (Å²) in [6.07, 6.45) is 0.805. The van der Waals surface area contributed by atoms with E-state index in [9.17, 15) is 9.90 Å². The summed E-state index contributed by atoms with van der Waals surface area (Å²) in [7, 11) is 0. The van der Waals surface area contributed by atoms with Crippen molar-refractivity contribution in [3.63, 3.8) is 0 Å². The zero-order chi connectivity index (χ0) is 15.5. The minimum absolute atomic E-state index is 0.205. The third kappa shape index (κ3) is 3.83. The molecule has 1 atom stereocenters. The molecular formula is C17H19NO3. The number of phenolic OH excluding ortho intramolecular Hbond substituents is 1. The molecular weight excluding hydrogens is 266 g/mol. The summed E-state index contributed by atoms with van der Waals surface area (Å²) in [6, 6.07) is 14.9. The number of nitrogens with two attached hydrogens (primary N) is 1. The molecule has 2 rings (SSSR count). The van der Waals surface area contributed by atoms with Crippen molar-refractivity contribution in [2.75, 3.05) is 0 Å². The van der Waals surface area contributed by atoms with E-state index < -0.39 is 11.5 Å². The van der Waals surface area contributed by atoms with Crippen molar-refractivity contribution in [1.29, 1.82) is 0 Å². The topological polar surface area (TPSA) is 83.5 Å². The van der Waals surface area contributed by atoms with E-state index in [1.807, 2.05) is 36.4 Å². The Balaban J connectivity index is 2.23. The van der Waals surface area contributed by atoms with Gasteiger partial charge < -0.3 is 15.9 Å². The number of benzene rings is 2. The maximum Gasteiger partial charge on any atom is 0.323 e. The van der Waals surface area contributed by atoms with E-state index in [0.29, 0.717) is 6.42 Å². The largest absolute Gasteiger partial charge is 0.508 e. The second-order valence-electron chi connectivity index (χ2n) is 5.52. The van der Waals surface area contributed by atoms with Gasteiger partial charge in [-0.1, -0.05) is 42.5 Å². The lowest BCUT2D eigenvalue weighted by molar-refractivity contribution is -0.142.